The first kappa shape index (κ1) is 19.7. The summed E-state index contributed by atoms with van der Waals surface area (Å²) >= 11 is 12.9. The number of hydrogen-bond donors (Lipinski definition) is 1. The van der Waals surface area contributed by atoms with Crippen molar-refractivity contribution >= 4 is 23.2 Å². The average Bonchev–Trinajstić information content (AvgIpc) is 3.33. The van der Waals surface area contributed by atoms with Crippen molar-refractivity contribution in [2.45, 2.75) is 26.6 Å². The average molecular weight is 426 g/mol. The van der Waals surface area contributed by atoms with Crippen LogP contribution in [0.5, 0.6) is 0 Å². The first-order chi connectivity index (χ1) is 14.1. The van der Waals surface area contributed by atoms with E-state index in [1.807, 2.05) is 43.7 Å². The van der Waals surface area contributed by atoms with Gasteiger partial charge in [-0.25, -0.2) is 9.67 Å². The van der Waals surface area contributed by atoms with Crippen molar-refractivity contribution in [2.75, 3.05) is 0 Å². The zero-order valence-electron chi connectivity index (χ0n) is 16.0. The molecule has 148 valence electrons. The lowest BCUT2D eigenvalue weighted by Gasteiger charge is -2.08. The Hall–Kier alpha value is -2.60. The van der Waals surface area contributed by atoms with Gasteiger partial charge in [0.2, 0.25) is 0 Å². The van der Waals surface area contributed by atoms with E-state index in [-0.39, 0.29) is 0 Å². The third kappa shape index (κ3) is 4.53. The first-order valence-electron chi connectivity index (χ1n) is 9.35. The largest absolute Gasteiger partial charge is 0.333 e. The van der Waals surface area contributed by atoms with Crippen LogP contribution in [0.3, 0.4) is 0 Å². The van der Waals surface area contributed by atoms with Crippen molar-refractivity contribution in [1.29, 1.82) is 0 Å². The van der Waals surface area contributed by atoms with Gasteiger partial charge >= 0.3 is 0 Å². The molecule has 0 amide bonds. The smallest absolute Gasteiger partial charge is 0.137 e. The van der Waals surface area contributed by atoms with Crippen LogP contribution in [0.2, 0.25) is 10.2 Å². The lowest BCUT2D eigenvalue weighted by atomic mass is 10.1. The molecule has 2 aromatic heterocycles. The minimum absolute atomic E-state index is 0.582. The van der Waals surface area contributed by atoms with Crippen LogP contribution in [0.1, 0.15) is 22.4 Å². The Bertz CT molecular complexity index is 1090. The van der Waals surface area contributed by atoms with Crippen molar-refractivity contribution in [1.82, 2.24) is 24.6 Å². The minimum Gasteiger partial charge on any atom is -0.333 e. The number of nitrogens with one attached hydrogen (secondary N) is 1. The molecule has 0 radical (unpaired) electrons. The highest BCUT2D eigenvalue weighted by atomic mass is 35.5. The number of benzene rings is 2. The molecule has 0 bridgehead atoms. The van der Waals surface area contributed by atoms with E-state index in [2.05, 4.69) is 44.2 Å². The van der Waals surface area contributed by atoms with Crippen molar-refractivity contribution in [2.24, 2.45) is 0 Å². The molecule has 0 saturated carbocycles. The topological polar surface area (TPSA) is 47.7 Å². The Morgan fingerprint density at radius 1 is 0.966 bits per heavy atom. The number of halogens is 2. The van der Waals surface area contributed by atoms with Gasteiger partial charge in [-0.1, -0.05) is 59.6 Å². The van der Waals surface area contributed by atoms with Gasteiger partial charge in [-0.3, -0.25) is 0 Å². The number of para-hydroxylation sites is 1. The van der Waals surface area contributed by atoms with Crippen LogP contribution in [0.15, 0.2) is 67.3 Å². The molecular weight excluding hydrogens is 405 g/mol. The molecule has 0 atom stereocenters. The zero-order valence-corrected chi connectivity index (χ0v) is 17.5. The second-order valence-electron chi connectivity index (χ2n) is 6.87. The van der Waals surface area contributed by atoms with Crippen LogP contribution in [0.25, 0.3) is 5.69 Å². The van der Waals surface area contributed by atoms with Gasteiger partial charge in [-0.05, 0) is 30.2 Å². The summed E-state index contributed by atoms with van der Waals surface area (Å²) in [5.74, 6) is 0. The van der Waals surface area contributed by atoms with E-state index >= 15 is 0 Å². The summed E-state index contributed by atoms with van der Waals surface area (Å²) in [7, 11) is 0. The van der Waals surface area contributed by atoms with E-state index in [1.54, 1.807) is 10.9 Å². The molecule has 4 rings (SSSR count). The van der Waals surface area contributed by atoms with Gasteiger partial charge in [-0.15, -0.1) is 0 Å². The molecule has 2 aromatic carbocycles. The normalized spacial score (nSPS) is 11.1. The predicted molar refractivity (Wildman–Crippen MR) is 117 cm³/mol. The lowest BCUT2D eigenvalue weighted by Crippen LogP contribution is -2.13. The van der Waals surface area contributed by atoms with Crippen LogP contribution in [0.4, 0.5) is 0 Å². The molecule has 0 aliphatic carbocycles. The number of imidazole rings is 1. The maximum Gasteiger partial charge on any atom is 0.137 e. The Balaban J connectivity index is 1.39. The molecule has 7 heteroatoms. The molecule has 0 aliphatic rings. The summed E-state index contributed by atoms with van der Waals surface area (Å²) in [6.07, 6.45) is 5.58. The second kappa shape index (κ2) is 8.82. The molecule has 5 nitrogen and oxygen atoms in total. The summed E-state index contributed by atoms with van der Waals surface area (Å²) in [5.41, 5.74) is 5.10. The fraction of sp³-hybridized carbons (Fsp3) is 0.182. The molecule has 0 fully saturated rings. The number of rotatable bonds is 7. The quantitative estimate of drug-likeness (QED) is 0.451. The van der Waals surface area contributed by atoms with Crippen LogP contribution in [-0.4, -0.2) is 19.3 Å². The van der Waals surface area contributed by atoms with E-state index in [1.165, 1.54) is 11.1 Å². The Morgan fingerprint density at radius 2 is 1.72 bits per heavy atom. The lowest BCUT2D eigenvalue weighted by molar-refractivity contribution is 0.690. The van der Waals surface area contributed by atoms with Gasteiger partial charge in [0.05, 0.1) is 22.7 Å². The minimum atomic E-state index is 0.582. The van der Waals surface area contributed by atoms with Gasteiger partial charge in [0.25, 0.3) is 0 Å². The molecule has 0 spiro atoms. The number of hydrogen-bond acceptors (Lipinski definition) is 3. The Morgan fingerprint density at radius 3 is 2.45 bits per heavy atom. The third-order valence-corrected chi connectivity index (χ3v) is 5.49. The van der Waals surface area contributed by atoms with E-state index in [4.69, 9.17) is 23.2 Å². The van der Waals surface area contributed by atoms with E-state index < -0.39 is 0 Å². The molecule has 0 aliphatic heterocycles. The molecule has 1 N–H and O–H groups in total. The van der Waals surface area contributed by atoms with Crippen LogP contribution < -0.4 is 5.32 Å². The van der Waals surface area contributed by atoms with Gasteiger partial charge in [0, 0.05) is 37.6 Å². The highest BCUT2D eigenvalue weighted by molar-refractivity contribution is 6.33. The maximum absolute atomic E-state index is 6.60. The van der Waals surface area contributed by atoms with Gasteiger partial charge in [-0.2, -0.15) is 5.10 Å². The number of aromatic nitrogens is 4. The van der Waals surface area contributed by atoms with Crippen molar-refractivity contribution in [3.8, 4) is 5.69 Å². The molecule has 29 heavy (non-hydrogen) atoms. The van der Waals surface area contributed by atoms with E-state index in [9.17, 15) is 0 Å². The van der Waals surface area contributed by atoms with Gasteiger partial charge < -0.3 is 9.88 Å². The fourth-order valence-electron chi connectivity index (χ4n) is 3.20. The molecule has 0 unspecified atom stereocenters. The molecule has 4 aromatic rings. The van der Waals surface area contributed by atoms with Crippen molar-refractivity contribution in [3.05, 3.63) is 99.8 Å². The van der Waals surface area contributed by atoms with E-state index in [0.29, 0.717) is 16.7 Å². The van der Waals surface area contributed by atoms with E-state index in [0.717, 1.165) is 30.0 Å². The fourth-order valence-corrected chi connectivity index (χ4v) is 3.75. The van der Waals surface area contributed by atoms with Crippen molar-refractivity contribution < 1.29 is 0 Å². The summed E-state index contributed by atoms with van der Waals surface area (Å²) in [6.45, 7) is 4.16. The zero-order chi connectivity index (χ0) is 20.2. The third-order valence-electron chi connectivity index (χ3n) is 4.78. The monoisotopic (exact) mass is 425 g/mol. The molecular formula is C22H21Cl2N5. The Kier molecular flexibility index (Phi) is 6.00. The summed E-state index contributed by atoms with van der Waals surface area (Å²) in [4.78, 5) is 4.07. The summed E-state index contributed by atoms with van der Waals surface area (Å²) < 4.78 is 3.75. The van der Waals surface area contributed by atoms with Crippen LogP contribution in [0, 0.1) is 6.92 Å². The molecule has 0 saturated heterocycles. The van der Waals surface area contributed by atoms with Gasteiger partial charge in [0.15, 0.2) is 0 Å². The summed E-state index contributed by atoms with van der Waals surface area (Å²) in [6, 6.07) is 16.1. The summed E-state index contributed by atoms with van der Waals surface area (Å²) in [5, 5.41) is 9.22. The SMILES string of the molecule is Cc1nn(-c2ccccc2Cl)c(Cl)c1CNCc1ccc(Cn2ccnc2)cc1. The first-order valence-corrected chi connectivity index (χ1v) is 10.1. The Labute approximate surface area is 179 Å². The number of aryl methyl sites for hydroxylation is 1. The van der Waals surface area contributed by atoms with Crippen LogP contribution in [-0.2, 0) is 19.6 Å². The highest BCUT2D eigenvalue weighted by Gasteiger charge is 2.15. The highest BCUT2D eigenvalue weighted by Crippen LogP contribution is 2.27. The standard InChI is InChI=1S/C22H21Cl2N5/c1-16-19(22(24)29(27-16)21-5-3-2-4-20(21)23)13-26-12-17-6-8-18(9-7-17)14-28-11-10-25-15-28/h2-11,15,26H,12-14H2,1H3. The van der Waals surface area contributed by atoms with Crippen molar-refractivity contribution in [3.63, 3.8) is 0 Å². The second-order valence-corrected chi connectivity index (χ2v) is 7.64. The number of nitrogens with zero attached hydrogens (tertiary/aromatic N) is 4. The van der Waals surface area contributed by atoms with Crippen LogP contribution >= 0.6 is 23.2 Å². The van der Waals surface area contributed by atoms with Gasteiger partial charge in [0.1, 0.15) is 5.15 Å². The maximum atomic E-state index is 6.60. The predicted octanol–water partition coefficient (Wildman–Crippen LogP) is 5.02. The molecule has 2 heterocycles.